The average molecular weight is 474 g/mol. The quantitative estimate of drug-likeness (QED) is 0.261. The molecule has 0 radical (unpaired) electrons. The minimum atomic E-state index is -3.40. The van der Waals surface area contributed by atoms with Gasteiger partial charge >= 0.3 is 6.10 Å². The Bertz CT molecular complexity index is 1410. The molecular formula is C21H16ClN3O8. The molecule has 0 atom stereocenters. The number of halogens is 1. The van der Waals surface area contributed by atoms with Crippen LogP contribution in [-0.2, 0) is 0 Å². The molecule has 2 amide bonds. The van der Waals surface area contributed by atoms with Gasteiger partial charge in [0, 0.05) is 29.1 Å². The number of primary amides is 1. The summed E-state index contributed by atoms with van der Waals surface area (Å²) in [7, 11) is 1.41. The van der Waals surface area contributed by atoms with Gasteiger partial charge in [-0.3, -0.25) is 19.9 Å². The summed E-state index contributed by atoms with van der Waals surface area (Å²) in [6, 6.07) is 7.40. The van der Waals surface area contributed by atoms with Gasteiger partial charge in [-0.2, -0.15) is 0 Å². The van der Waals surface area contributed by atoms with E-state index < -0.39 is 17.9 Å². The van der Waals surface area contributed by atoms with Crippen molar-refractivity contribution < 1.29 is 38.8 Å². The van der Waals surface area contributed by atoms with Crippen LogP contribution in [0.3, 0.4) is 0 Å². The lowest BCUT2D eigenvalue weighted by Crippen LogP contribution is -2.48. The second kappa shape index (κ2) is 8.22. The van der Waals surface area contributed by atoms with E-state index in [2.05, 4.69) is 4.98 Å². The molecule has 0 bridgehead atoms. The van der Waals surface area contributed by atoms with Crippen LogP contribution in [0.5, 0.6) is 17.2 Å². The Balaban J connectivity index is 1.75. The highest BCUT2D eigenvalue weighted by atomic mass is 35.5. The molecular weight excluding hydrogens is 458 g/mol. The Morgan fingerprint density at radius 3 is 2.52 bits per heavy atom. The maximum absolute atomic E-state index is 12.1. The van der Waals surface area contributed by atoms with E-state index in [-0.39, 0.29) is 38.6 Å². The van der Waals surface area contributed by atoms with Gasteiger partial charge in [0.15, 0.2) is 0 Å². The zero-order valence-corrected chi connectivity index (χ0v) is 17.6. The van der Waals surface area contributed by atoms with Gasteiger partial charge in [-0.05, 0) is 18.2 Å². The summed E-state index contributed by atoms with van der Waals surface area (Å²) in [5, 5.41) is 29.2. The Morgan fingerprint density at radius 2 is 1.85 bits per heavy atom. The van der Waals surface area contributed by atoms with Crippen molar-refractivity contribution in [3.05, 3.63) is 58.9 Å². The predicted octanol–water partition coefficient (Wildman–Crippen LogP) is 1.85. The van der Waals surface area contributed by atoms with Crippen LogP contribution in [-0.4, -0.2) is 45.3 Å². The molecule has 0 spiro atoms. The number of benzene rings is 2. The number of pyridine rings is 1. The van der Waals surface area contributed by atoms with Crippen molar-refractivity contribution in [2.24, 2.45) is 5.73 Å². The molecule has 2 aromatic carbocycles. The fourth-order valence-corrected chi connectivity index (χ4v) is 3.42. The number of ether oxygens (including phenoxy) is 2. The molecule has 0 unspecified atom stereocenters. The van der Waals surface area contributed by atoms with E-state index in [1.165, 1.54) is 31.5 Å². The van der Waals surface area contributed by atoms with Gasteiger partial charge in [-0.15, -0.1) is 0 Å². The van der Waals surface area contributed by atoms with E-state index in [0.29, 0.717) is 16.7 Å². The lowest BCUT2D eigenvalue weighted by atomic mass is 10.1. The highest BCUT2D eigenvalue weighted by Crippen LogP contribution is 2.38. The number of nitrogens with two attached hydrogens (primary N) is 1. The largest absolute Gasteiger partial charge is 0.496 e. The minimum Gasteiger partial charge on any atom is -0.496 e. The van der Waals surface area contributed by atoms with Crippen LogP contribution in [0.4, 0.5) is 0 Å². The number of furan rings is 1. The first-order valence-electron chi connectivity index (χ1n) is 9.22. The van der Waals surface area contributed by atoms with Gasteiger partial charge in [0.25, 0.3) is 11.8 Å². The Hall–Kier alpha value is -3.90. The van der Waals surface area contributed by atoms with Gasteiger partial charge in [-0.1, -0.05) is 11.6 Å². The molecule has 2 heterocycles. The second-order valence-corrected chi connectivity index (χ2v) is 7.27. The Labute approximate surface area is 189 Å². The minimum absolute atomic E-state index is 0.0924. The molecule has 4 rings (SSSR count). The van der Waals surface area contributed by atoms with Gasteiger partial charge in [0.1, 0.15) is 29.1 Å². The normalized spacial score (nSPS) is 11.5. The first kappa shape index (κ1) is 22.3. The lowest BCUT2D eigenvalue weighted by molar-refractivity contribution is -0.323. The van der Waals surface area contributed by atoms with Crippen molar-refractivity contribution in [2.75, 3.05) is 7.11 Å². The van der Waals surface area contributed by atoms with E-state index in [4.69, 9.17) is 46.5 Å². The van der Waals surface area contributed by atoms with Crippen molar-refractivity contribution in [3.63, 3.8) is 0 Å². The highest BCUT2D eigenvalue weighted by molar-refractivity contribution is 6.33. The summed E-state index contributed by atoms with van der Waals surface area (Å²) in [6.45, 7) is 0. The first-order valence-corrected chi connectivity index (χ1v) is 9.60. The number of aliphatic hydroxyl groups is 3. The number of nitrogens with one attached hydrogen (secondary N) is 1. The zero-order chi connectivity index (χ0) is 23.9. The van der Waals surface area contributed by atoms with E-state index >= 15 is 0 Å². The van der Waals surface area contributed by atoms with Gasteiger partial charge < -0.3 is 34.9 Å². The summed E-state index contributed by atoms with van der Waals surface area (Å²) >= 11 is 6.34. The number of hydrogen-bond acceptors (Lipinski definition) is 9. The average Bonchev–Trinajstić information content (AvgIpc) is 3.14. The van der Waals surface area contributed by atoms with Crippen molar-refractivity contribution in [3.8, 4) is 17.2 Å². The summed E-state index contributed by atoms with van der Waals surface area (Å²) in [5.41, 5.74) is 6.14. The number of amides is 2. The number of carbonyl (C=O) groups is 2. The van der Waals surface area contributed by atoms with Crippen molar-refractivity contribution in [2.45, 2.75) is 6.10 Å². The van der Waals surface area contributed by atoms with Crippen LogP contribution in [0.2, 0.25) is 5.02 Å². The topological polar surface area (TPSA) is 177 Å². The Kier molecular flexibility index (Phi) is 5.56. The molecule has 4 aromatic rings. The highest BCUT2D eigenvalue weighted by Gasteiger charge is 2.25. The second-order valence-electron chi connectivity index (χ2n) is 6.86. The number of nitrogens with zero attached hydrogens (tertiary/aromatic N) is 1. The third-order valence-electron chi connectivity index (χ3n) is 4.66. The number of rotatable bonds is 6. The zero-order valence-electron chi connectivity index (χ0n) is 16.8. The number of aromatic nitrogens is 1. The molecule has 11 nitrogen and oxygen atoms in total. The van der Waals surface area contributed by atoms with Crippen LogP contribution in [0.15, 0.2) is 47.2 Å². The van der Waals surface area contributed by atoms with Crippen LogP contribution in [0.1, 0.15) is 20.7 Å². The lowest BCUT2D eigenvalue weighted by Gasteiger charge is -2.14. The summed E-state index contributed by atoms with van der Waals surface area (Å²) in [5.74, 6) is -0.976. The van der Waals surface area contributed by atoms with Gasteiger partial charge in [0.2, 0.25) is 0 Å². The van der Waals surface area contributed by atoms with Gasteiger partial charge in [-0.25, -0.2) is 0 Å². The number of fused-ring (bicyclic) bond motifs is 2. The van der Waals surface area contributed by atoms with Crippen molar-refractivity contribution >= 4 is 45.3 Å². The van der Waals surface area contributed by atoms with E-state index in [1.54, 1.807) is 17.4 Å². The number of methoxy groups -OCH3 is 1. The summed E-state index contributed by atoms with van der Waals surface area (Å²) in [4.78, 5) is 28.2. The number of hydrogen-bond donors (Lipinski definition) is 5. The van der Waals surface area contributed by atoms with Crippen LogP contribution < -0.4 is 20.5 Å². The molecule has 12 heteroatoms. The molecule has 0 aliphatic rings. The molecule has 0 aliphatic carbocycles. The molecule has 33 heavy (non-hydrogen) atoms. The summed E-state index contributed by atoms with van der Waals surface area (Å²) in [6.07, 6.45) is -0.852. The molecule has 0 fully saturated rings. The SMILES string of the molecule is COc1cc2nccc(Oc3cc4occ(C(=O)NC(O)(O)O)c4cc3Cl)c2cc1C(N)=O. The fraction of sp³-hybridized carbons (Fsp3) is 0.0952. The Morgan fingerprint density at radius 1 is 1.09 bits per heavy atom. The summed E-state index contributed by atoms with van der Waals surface area (Å²) < 4.78 is 16.5. The maximum atomic E-state index is 12.1. The predicted molar refractivity (Wildman–Crippen MR) is 115 cm³/mol. The van der Waals surface area contributed by atoms with Crippen LogP contribution in [0, 0.1) is 0 Å². The van der Waals surface area contributed by atoms with Gasteiger partial charge in [0.05, 0.1) is 28.8 Å². The smallest absolute Gasteiger partial charge is 0.369 e. The van der Waals surface area contributed by atoms with E-state index in [0.717, 1.165) is 6.26 Å². The first-order chi connectivity index (χ1) is 15.6. The van der Waals surface area contributed by atoms with Crippen molar-refractivity contribution in [1.82, 2.24) is 10.3 Å². The standard InChI is InChI=1S/C21H16ClN3O8/c1-31-16-6-14-10(4-11(16)19(23)26)15(2-3-24-14)33-18-7-17-9(5-13(18)22)12(8-32-17)20(27)25-21(28,29)30/h2-8,28-30H,1H3,(H2,23,26)(H,25,27). The number of carbonyl (C=O) groups excluding carboxylic acids is 2. The molecule has 6 N–H and O–H groups in total. The van der Waals surface area contributed by atoms with E-state index in [1.807, 2.05) is 0 Å². The monoisotopic (exact) mass is 473 g/mol. The third-order valence-corrected chi connectivity index (χ3v) is 4.96. The molecule has 2 aromatic heterocycles. The maximum Gasteiger partial charge on any atom is 0.369 e. The third kappa shape index (κ3) is 4.38. The van der Waals surface area contributed by atoms with Crippen LogP contribution >= 0.6 is 11.6 Å². The molecule has 0 aliphatic heterocycles. The van der Waals surface area contributed by atoms with E-state index in [9.17, 15) is 9.59 Å². The van der Waals surface area contributed by atoms with Crippen LogP contribution in [0.25, 0.3) is 21.9 Å². The molecule has 0 saturated heterocycles. The van der Waals surface area contributed by atoms with Crippen molar-refractivity contribution in [1.29, 1.82) is 0 Å². The molecule has 0 saturated carbocycles. The molecule has 170 valence electrons. The fourth-order valence-electron chi connectivity index (χ4n) is 3.22.